The fraction of sp³-hybridized carbons (Fsp3) is 0.375. The van der Waals surface area contributed by atoms with E-state index in [1.807, 2.05) is 0 Å². The molecule has 0 aliphatic heterocycles. The van der Waals surface area contributed by atoms with Gasteiger partial charge < -0.3 is 0 Å². The first kappa shape index (κ1) is 8.48. The van der Waals surface area contributed by atoms with Crippen molar-refractivity contribution in [3.63, 3.8) is 0 Å². The van der Waals surface area contributed by atoms with E-state index in [0.717, 1.165) is 0 Å². The van der Waals surface area contributed by atoms with Gasteiger partial charge in [-0.2, -0.15) is 5.26 Å². The summed E-state index contributed by atoms with van der Waals surface area (Å²) in [7, 11) is 0. The zero-order valence-electron chi connectivity index (χ0n) is 6.01. The van der Waals surface area contributed by atoms with Crippen LogP contribution in [0.1, 0.15) is 6.92 Å². The van der Waals surface area contributed by atoms with E-state index < -0.39 is 5.67 Å². The van der Waals surface area contributed by atoms with Crippen molar-refractivity contribution >= 4 is 15.9 Å². The summed E-state index contributed by atoms with van der Waals surface area (Å²) >= 11 is 3.02. The van der Waals surface area contributed by atoms with Crippen LogP contribution in [0.4, 0.5) is 4.39 Å². The summed E-state index contributed by atoms with van der Waals surface area (Å²) in [6.45, 7) is 1.67. The third-order valence-corrected chi connectivity index (χ3v) is 2.62. The average molecular weight is 216 g/mol. The molecule has 0 radical (unpaired) electrons. The topological polar surface area (TPSA) is 23.8 Å². The molecule has 0 amide bonds. The molecule has 2 atom stereocenters. The van der Waals surface area contributed by atoms with Crippen molar-refractivity contribution in [3.8, 4) is 6.07 Å². The Bertz CT molecular complexity index is 264. The molecule has 11 heavy (non-hydrogen) atoms. The van der Waals surface area contributed by atoms with Gasteiger partial charge in [0.05, 0.1) is 0 Å². The van der Waals surface area contributed by atoms with Gasteiger partial charge in [0.15, 0.2) is 0 Å². The van der Waals surface area contributed by atoms with Gasteiger partial charge in [0.25, 0.3) is 0 Å². The molecule has 0 saturated heterocycles. The molecule has 0 aromatic rings. The number of hydrogen-bond acceptors (Lipinski definition) is 1. The van der Waals surface area contributed by atoms with Crippen molar-refractivity contribution in [1.82, 2.24) is 0 Å². The van der Waals surface area contributed by atoms with Crippen LogP contribution in [0.2, 0.25) is 0 Å². The number of hydrogen-bond donors (Lipinski definition) is 0. The first-order valence-electron chi connectivity index (χ1n) is 3.26. The summed E-state index contributed by atoms with van der Waals surface area (Å²) in [5, 5.41) is 8.56. The zero-order chi connectivity index (χ0) is 8.48. The van der Waals surface area contributed by atoms with Crippen molar-refractivity contribution in [2.45, 2.75) is 12.6 Å². The molecule has 58 valence electrons. The van der Waals surface area contributed by atoms with Crippen molar-refractivity contribution in [1.29, 1.82) is 5.26 Å². The Labute approximate surface area is 73.3 Å². The van der Waals surface area contributed by atoms with E-state index in [0.29, 0.717) is 4.48 Å². The smallest absolute Gasteiger partial charge is 0.221 e. The summed E-state index contributed by atoms with van der Waals surface area (Å²) < 4.78 is 13.9. The molecule has 1 aliphatic carbocycles. The lowest BCUT2D eigenvalue weighted by atomic mass is 9.88. The predicted octanol–water partition coefficient (Wildman–Crippen LogP) is 2.70. The maximum absolute atomic E-state index is 13.6. The minimum absolute atomic E-state index is 0.308. The molecule has 0 heterocycles. The van der Waals surface area contributed by atoms with E-state index in [4.69, 9.17) is 5.26 Å². The number of allylic oxidation sites excluding steroid dienone is 4. The third kappa shape index (κ3) is 1.23. The van der Waals surface area contributed by atoms with Crippen molar-refractivity contribution in [3.05, 3.63) is 22.7 Å². The van der Waals surface area contributed by atoms with Gasteiger partial charge in [-0.3, -0.25) is 0 Å². The average Bonchev–Trinajstić information content (AvgIpc) is 2.00. The highest BCUT2D eigenvalue weighted by molar-refractivity contribution is 9.11. The predicted molar refractivity (Wildman–Crippen MR) is 44.8 cm³/mol. The second-order valence-electron chi connectivity index (χ2n) is 2.51. The Morgan fingerprint density at radius 3 is 2.82 bits per heavy atom. The lowest BCUT2D eigenvalue weighted by molar-refractivity contribution is 0.242. The van der Waals surface area contributed by atoms with Crippen LogP contribution >= 0.6 is 15.9 Å². The van der Waals surface area contributed by atoms with Crippen LogP contribution in [0.5, 0.6) is 0 Å². The number of nitriles is 1. The highest BCUT2D eigenvalue weighted by Crippen LogP contribution is 2.37. The molecule has 0 bridgehead atoms. The lowest BCUT2D eigenvalue weighted by Gasteiger charge is -2.24. The van der Waals surface area contributed by atoms with Gasteiger partial charge in [-0.15, -0.1) is 0 Å². The van der Waals surface area contributed by atoms with Crippen LogP contribution in [-0.4, -0.2) is 5.67 Å². The first-order chi connectivity index (χ1) is 5.11. The molecule has 1 aliphatic rings. The SMILES string of the molecule is CC1C=CC=C(Br)C1(F)C#N. The van der Waals surface area contributed by atoms with Gasteiger partial charge in [-0.25, -0.2) is 4.39 Å². The minimum atomic E-state index is -1.87. The van der Waals surface area contributed by atoms with E-state index in [9.17, 15) is 4.39 Å². The number of rotatable bonds is 0. The summed E-state index contributed by atoms with van der Waals surface area (Å²) in [6, 6.07) is 1.65. The second kappa shape index (κ2) is 2.78. The quantitative estimate of drug-likeness (QED) is 0.610. The lowest BCUT2D eigenvalue weighted by Crippen LogP contribution is -2.30. The molecule has 2 unspecified atom stereocenters. The van der Waals surface area contributed by atoms with Gasteiger partial charge in [-0.05, 0) is 6.08 Å². The van der Waals surface area contributed by atoms with Crippen LogP contribution in [-0.2, 0) is 0 Å². The fourth-order valence-electron chi connectivity index (χ4n) is 0.933. The Balaban J connectivity index is 3.06. The van der Waals surface area contributed by atoms with Crippen molar-refractivity contribution in [2.75, 3.05) is 0 Å². The van der Waals surface area contributed by atoms with Gasteiger partial charge in [0, 0.05) is 10.4 Å². The standard InChI is InChI=1S/C8H7BrFN/c1-6-3-2-4-7(9)8(6,10)5-11/h2-4,6H,1H3. The monoisotopic (exact) mass is 215 g/mol. The van der Waals surface area contributed by atoms with Gasteiger partial charge in [0.2, 0.25) is 5.67 Å². The van der Waals surface area contributed by atoms with Gasteiger partial charge >= 0.3 is 0 Å². The van der Waals surface area contributed by atoms with E-state index in [-0.39, 0.29) is 5.92 Å². The zero-order valence-corrected chi connectivity index (χ0v) is 7.60. The Hall–Kier alpha value is -0.620. The van der Waals surface area contributed by atoms with Crippen LogP contribution in [0.15, 0.2) is 22.7 Å². The molecule has 0 fully saturated rings. The summed E-state index contributed by atoms with van der Waals surface area (Å²) in [5.74, 6) is -0.383. The van der Waals surface area contributed by atoms with Gasteiger partial charge in [0.1, 0.15) is 6.07 Å². The minimum Gasteiger partial charge on any atom is -0.221 e. The van der Waals surface area contributed by atoms with Crippen LogP contribution in [0.25, 0.3) is 0 Å². The highest BCUT2D eigenvalue weighted by Gasteiger charge is 2.39. The molecule has 0 spiro atoms. The van der Waals surface area contributed by atoms with Crippen LogP contribution in [0.3, 0.4) is 0 Å². The van der Waals surface area contributed by atoms with E-state index >= 15 is 0 Å². The van der Waals surface area contributed by atoms with E-state index in [2.05, 4.69) is 15.9 Å². The Morgan fingerprint density at radius 1 is 1.82 bits per heavy atom. The molecular weight excluding hydrogens is 209 g/mol. The normalized spacial score (nSPS) is 36.2. The highest BCUT2D eigenvalue weighted by atomic mass is 79.9. The van der Waals surface area contributed by atoms with Crippen LogP contribution in [0, 0.1) is 17.2 Å². The largest absolute Gasteiger partial charge is 0.233 e. The number of nitrogens with zero attached hydrogens (tertiary/aromatic N) is 1. The molecule has 0 aromatic heterocycles. The molecule has 1 nitrogen and oxygen atoms in total. The first-order valence-corrected chi connectivity index (χ1v) is 4.05. The Morgan fingerprint density at radius 2 is 2.45 bits per heavy atom. The van der Waals surface area contributed by atoms with Crippen molar-refractivity contribution < 1.29 is 4.39 Å². The van der Waals surface area contributed by atoms with E-state index in [1.54, 1.807) is 31.2 Å². The summed E-state index contributed by atoms with van der Waals surface area (Å²) in [5.41, 5.74) is -1.87. The maximum Gasteiger partial charge on any atom is 0.233 e. The maximum atomic E-state index is 13.6. The molecule has 1 rings (SSSR count). The number of halogens is 2. The number of alkyl halides is 1. The van der Waals surface area contributed by atoms with Crippen LogP contribution < -0.4 is 0 Å². The van der Waals surface area contributed by atoms with Crippen molar-refractivity contribution in [2.24, 2.45) is 5.92 Å². The molecule has 0 N–H and O–H groups in total. The molecule has 0 aromatic carbocycles. The third-order valence-electron chi connectivity index (χ3n) is 1.78. The molecular formula is C8H7BrFN. The fourth-order valence-corrected chi connectivity index (χ4v) is 1.54. The Kier molecular flexibility index (Phi) is 2.15. The second-order valence-corrected chi connectivity index (χ2v) is 3.37. The van der Waals surface area contributed by atoms with E-state index in [1.165, 1.54) is 0 Å². The molecule has 3 heteroatoms. The summed E-state index contributed by atoms with van der Waals surface area (Å²) in [6.07, 6.45) is 4.97. The van der Waals surface area contributed by atoms with Gasteiger partial charge in [-0.1, -0.05) is 35.0 Å². The summed E-state index contributed by atoms with van der Waals surface area (Å²) in [4.78, 5) is 0. The molecule has 0 saturated carbocycles.